The van der Waals surface area contributed by atoms with Crippen molar-refractivity contribution in [3.8, 4) is 34.2 Å². The van der Waals surface area contributed by atoms with Crippen LogP contribution in [0.1, 0.15) is 29.2 Å². The van der Waals surface area contributed by atoms with E-state index in [0.29, 0.717) is 52.2 Å². The number of aromatic nitrogens is 9. The molecule has 1 fully saturated rings. The molecular weight excluding hydrogens is 502 g/mol. The van der Waals surface area contributed by atoms with Gasteiger partial charge < -0.3 is 0 Å². The van der Waals surface area contributed by atoms with Crippen molar-refractivity contribution in [2.45, 2.75) is 6.92 Å². The summed E-state index contributed by atoms with van der Waals surface area (Å²) in [6, 6.07) is 10.7. The summed E-state index contributed by atoms with van der Waals surface area (Å²) < 4.78 is 0. The average molecular weight is 524 g/mol. The second-order valence-electron chi connectivity index (χ2n) is 9.64. The maximum atomic E-state index is 14.0. The van der Waals surface area contributed by atoms with Crippen LogP contribution in [-0.2, 0) is 0 Å². The van der Waals surface area contributed by atoms with Gasteiger partial charge in [-0.3, -0.25) is 19.7 Å². The molecule has 10 heteroatoms. The molecule has 1 saturated carbocycles. The highest BCUT2D eigenvalue weighted by Gasteiger charge is 2.44. The summed E-state index contributed by atoms with van der Waals surface area (Å²) in [6.45, 7) is 2.23. The van der Waals surface area contributed by atoms with Crippen molar-refractivity contribution in [3.63, 3.8) is 0 Å². The first kappa shape index (κ1) is 23.7. The normalized spacial score (nSPS) is 19.0. The second-order valence-corrected chi connectivity index (χ2v) is 9.64. The van der Waals surface area contributed by atoms with Gasteiger partial charge in [-0.15, -0.1) is 0 Å². The molecule has 0 aliphatic heterocycles. The van der Waals surface area contributed by atoms with Gasteiger partial charge in [0.15, 0.2) is 23.3 Å². The van der Waals surface area contributed by atoms with E-state index in [0.717, 1.165) is 11.1 Å². The van der Waals surface area contributed by atoms with Gasteiger partial charge in [-0.2, -0.15) is 0 Å². The molecule has 40 heavy (non-hydrogen) atoms. The van der Waals surface area contributed by atoms with Crippen molar-refractivity contribution in [3.05, 3.63) is 109 Å². The number of carbonyl (C=O) groups is 1. The van der Waals surface area contributed by atoms with Crippen molar-refractivity contribution < 1.29 is 4.79 Å². The van der Waals surface area contributed by atoms with Crippen LogP contribution in [0.25, 0.3) is 39.7 Å². The standard InChI is InChI=1S/C30H21N9O/c1-17-22-3-2-21(16-23(17)22)28-35-27(20-8-14-33-15-9-20)38-30(39-28)24(40)29-36-25(18-4-10-31-11-5-18)34-26(37-29)19-6-12-32-13-7-19/h2-17,22-23H,1H3. The zero-order chi connectivity index (χ0) is 27.1. The molecule has 10 nitrogen and oxygen atoms in total. The number of fused-ring (bicyclic) bond motifs is 1. The summed E-state index contributed by atoms with van der Waals surface area (Å²) in [5.41, 5.74) is 2.97. The van der Waals surface area contributed by atoms with Crippen LogP contribution in [0.4, 0.5) is 0 Å². The zero-order valence-corrected chi connectivity index (χ0v) is 21.3. The van der Waals surface area contributed by atoms with Gasteiger partial charge in [0.2, 0.25) is 11.6 Å². The van der Waals surface area contributed by atoms with Crippen molar-refractivity contribution in [1.82, 2.24) is 44.9 Å². The summed E-state index contributed by atoms with van der Waals surface area (Å²) in [7, 11) is 0. The first-order valence-electron chi connectivity index (χ1n) is 12.8. The minimum atomic E-state index is -0.537. The van der Waals surface area contributed by atoms with Gasteiger partial charge in [0, 0.05) is 59.4 Å². The van der Waals surface area contributed by atoms with E-state index in [2.05, 4.69) is 58.9 Å². The molecule has 5 aromatic heterocycles. The predicted octanol–water partition coefficient (Wildman–Crippen LogP) is 4.31. The molecule has 7 rings (SSSR count). The van der Waals surface area contributed by atoms with Crippen molar-refractivity contribution >= 4 is 11.4 Å². The third-order valence-corrected chi connectivity index (χ3v) is 7.14. The van der Waals surface area contributed by atoms with E-state index < -0.39 is 5.78 Å². The Morgan fingerprint density at radius 2 is 1.00 bits per heavy atom. The van der Waals surface area contributed by atoms with Gasteiger partial charge in [-0.05, 0) is 54.2 Å². The van der Waals surface area contributed by atoms with E-state index in [1.807, 2.05) is 6.08 Å². The Kier molecular flexibility index (Phi) is 5.77. The number of rotatable bonds is 6. The Morgan fingerprint density at radius 1 is 0.575 bits per heavy atom. The molecule has 0 saturated heterocycles. The van der Waals surface area contributed by atoms with Crippen molar-refractivity contribution in [2.24, 2.45) is 17.8 Å². The topological polar surface area (TPSA) is 133 Å². The summed E-state index contributed by atoms with van der Waals surface area (Å²) in [5, 5.41) is 0. The maximum absolute atomic E-state index is 14.0. The molecular formula is C30H21N9O. The van der Waals surface area contributed by atoms with Gasteiger partial charge >= 0.3 is 0 Å². The lowest BCUT2D eigenvalue weighted by atomic mass is 10.1. The van der Waals surface area contributed by atoms with E-state index in [4.69, 9.17) is 4.98 Å². The van der Waals surface area contributed by atoms with E-state index in [1.165, 1.54) is 0 Å². The lowest BCUT2D eigenvalue weighted by Gasteiger charge is -2.10. The van der Waals surface area contributed by atoms with Crippen LogP contribution in [-0.4, -0.2) is 50.6 Å². The predicted molar refractivity (Wildman–Crippen MR) is 146 cm³/mol. The molecule has 0 radical (unpaired) electrons. The summed E-state index contributed by atoms with van der Waals surface area (Å²) >= 11 is 0. The van der Waals surface area contributed by atoms with Gasteiger partial charge in [0.25, 0.3) is 5.78 Å². The minimum absolute atomic E-state index is 0.0513. The zero-order valence-electron chi connectivity index (χ0n) is 21.3. The third kappa shape index (κ3) is 4.45. The van der Waals surface area contributed by atoms with Crippen LogP contribution in [0.2, 0.25) is 0 Å². The SMILES string of the molecule is CC1C2C=CC(c3nc(C(=O)c4nc(-c5ccncc5)nc(-c5ccncc5)n4)nc(-c4ccncc4)n3)=CC12. The van der Waals surface area contributed by atoms with Crippen molar-refractivity contribution in [1.29, 1.82) is 0 Å². The molecule has 0 spiro atoms. The smallest absolute Gasteiger partial charge is 0.267 e. The van der Waals surface area contributed by atoms with Crippen LogP contribution in [0.3, 0.4) is 0 Å². The monoisotopic (exact) mass is 523 g/mol. The fraction of sp³-hybridized carbons (Fsp3) is 0.133. The average Bonchev–Trinajstić information content (AvgIpc) is 3.69. The highest BCUT2D eigenvalue weighted by molar-refractivity contribution is 6.04. The number of allylic oxidation sites excluding steroid dienone is 4. The van der Waals surface area contributed by atoms with Crippen LogP contribution in [0.15, 0.2) is 91.8 Å². The van der Waals surface area contributed by atoms with Gasteiger partial charge in [0.05, 0.1) is 0 Å². The number of ketones is 1. The van der Waals surface area contributed by atoms with Crippen LogP contribution >= 0.6 is 0 Å². The first-order chi connectivity index (χ1) is 19.6. The lowest BCUT2D eigenvalue weighted by Crippen LogP contribution is -2.16. The van der Waals surface area contributed by atoms with Gasteiger partial charge in [0.1, 0.15) is 0 Å². The molecule has 2 aliphatic rings. The first-order valence-corrected chi connectivity index (χ1v) is 12.8. The number of pyridine rings is 3. The van der Waals surface area contributed by atoms with Crippen LogP contribution in [0.5, 0.6) is 0 Å². The Labute approximate surface area is 229 Å². The molecule has 5 heterocycles. The molecule has 0 aromatic carbocycles. The van der Waals surface area contributed by atoms with Crippen molar-refractivity contribution in [2.75, 3.05) is 0 Å². The molecule has 5 aromatic rings. The molecule has 192 valence electrons. The molecule has 0 amide bonds. The van der Waals surface area contributed by atoms with E-state index >= 15 is 0 Å². The second kappa shape index (κ2) is 9.73. The summed E-state index contributed by atoms with van der Waals surface area (Å²) in [5.74, 6) is 2.39. The Bertz CT molecular complexity index is 1730. The van der Waals surface area contributed by atoms with Crippen LogP contribution < -0.4 is 0 Å². The number of nitrogens with zero attached hydrogens (tertiary/aromatic N) is 9. The van der Waals surface area contributed by atoms with Gasteiger partial charge in [-0.25, -0.2) is 29.9 Å². The highest BCUT2D eigenvalue weighted by atomic mass is 16.1. The number of hydrogen-bond acceptors (Lipinski definition) is 10. The van der Waals surface area contributed by atoms with E-state index in [1.54, 1.807) is 73.6 Å². The Balaban J connectivity index is 1.36. The lowest BCUT2D eigenvalue weighted by molar-refractivity contribution is 0.101. The molecule has 0 bridgehead atoms. The van der Waals surface area contributed by atoms with E-state index in [9.17, 15) is 4.79 Å². The summed E-state index contributed by atoms with van der Waals surface area (Å²) in [4.78, 5) is 53.8. The Morgan fingerprint density at radius 3 is 1.45 bits per heavy atom. The molecule has 2 aliphatic carbocycles. The maximum Gasteiger partial charge on any atom is 0.267 e. The van der Waals surface area contributed by atoms with E-state index in [-0.39, 0.29) is 11.6 Å². The largest absolute Gasteiger partial charge is 0.281 e. The van der Waals surface area contributed by atoms with Gasteiger partial charge in [-0.1, -0.05) is 25.2 Å². The highest BCUT2D eigenvalue weighted by Crippen LogP contribution is 2.51. The Hall–Kier alpha value is -5.38. The molecule has 0 N–H and O–H groups in total. The summed E-state index contributed by atoms with van der Waals surface area (Å²) in [6.07, 6.45) is 16.3. The molecule has 3 unspecified atom stereocenters. The minimum Gasteiger partial charge on any atom is -0.281 e. The number of carbonyl (C=O) groups excluding carboxylic acids is 1. The fourth-order valence-electron chi connectivity index (χ4n) is 4.79. The third-order valence-electron chi connectivity index (χ3n) is 7.14. The number of hydrogen-bond donors (Lipinski definition) is 0. The quantitative estimate of drug-likeness (QED) is 0.296. The fourth-order valence-corrected chi connectivity index (χ4v) is 4.79. The van der Waals surface area contributed by atoms with Crippen LogP contribution in [0, 0.1) is 17.8 Å². The molecule has 3 atom stereocenters.